The Morgan fingerprint density at radius 1 is 1.07 bits per heavy atom. The van der Waals surface area contributed by atoms with Gasteiger partial charge in [0.15, 0.2) is 11.5 Å². The summed E-state index contributed by atoms with van der Waals surface area (Å²) in [4.78, 5) is 24.0. The molecule has 0 aromatic heterocycles. The van der Waals surface area contributed by atoms with Crippen molar-refractivity contribution in [2.75, 3.05) is 19.5 Å². The van der Waals surface area contributed by atoms with Gasteiger partial charge >= 0.3 is 0 Å². The second-order valence-electron chi connectivity index (χ2n) is 5.42. The Morgan fingerprint density at radius 3 is 2.48 bits per heavy atom. The first-order chi connectivity index (χ1) is 13.0. The molecule has 2 N–H and O–H groups in total. The van der Waals surface area contributed by atoms with Gasteiger partial charge in [0.1, 0.15) is 0 Å². The highest BCUT2D eigenvalue weighted by molar-refractivity contribution is 7.99. The number of thioether (sulfide) groups is 1. The van der Waals surface area contributed by atoms with Crippen molar-refractivity contribution < 1.29 is 19.1 Å². The fourth-order valence-electron chi connectivity index (χ4n) is 2.16. The van der Waals surface area contributed by atoms with Crippen LogP contribution < -0.4 is 20.3 Å². The van der Waals surface area contributed by atoms with Crippen molar-refractivity contribution in [3.8, 4) is 11.5 Å². The molecule has 2 rings (SSSR count). The van der Waals surface area contributed by atoms with Crippen molar-refractivity contribution in [3.63, 3.8) is 0 Å². The fraction of sp³-hybridized carbons (Fsp3) is 0.263. The number of nitrogens with one attached hydrogen (secondary N) is 2. The van der Waals surface area contributed by atoms with Crippen molar-refractivity contribution in [1.82, 2.24) is 10.9 Å². The minimum Gasteiger partial charge on any atom is -0.493 e. The monoisotopic (exact) mass is 408 g/mol. The Labute approximate surface area is 167 Å². The van der Waals surface area contributed by atoms with Crippen LogP contribution in [0.2, 0.25) is 5.02 Å². The van der Waals surface area contributed by atoms with Crippen LogP contribution in [0.3, 0.4) is 0 Å². The topological polar surface area (TPSA) is 76.7 Å². The van der Waals surface area contributed by atoms with Crippen LogP contribution >= 0.6 is 23.4 Å². The maximum absolute atomic E-state index is 12.2. The van der Waals surface area contributed by atoms with E-state index in [0.29, 0.717) is 34.4 Å². The first kappa shape index (κ1) is 20.9. The average Bonchev–Trinajstić information content (AvgIpc) is 2.68. The molecule has 2 amide bonds. The molecule has 8 heteroatoms. The van der Waals surface area contributed by atoms with Gasteiger partial charge in [-0.1, -0.05) is 23.7 Å². The zero-order valence-electron chi connectivity index (χ0n) is 15.1. The minimum atomic E-state index is -0.438. The summed E-state index contributed by atoms with van der Waals surface area (Å²) in [5.41, 5.74) is 6.22. The van der Waals surface area contributed by atoms with Gasteiger partial charge < -0.3 is 9.47 Å². The molecule has 0 heterocycles. The zero-order valence-corrected chi connectivity index (χ0v) is 16.7. The Bertz CT molecular complexity index is 784. The van der Waals surface area contributed by atoms with Crippen LogP contribution in [-0.2, 0) is 10.5 Å². The highest BCUT2D eigenvalue weighted by Crippen LogP contribution is 2.27. The van der Waals surface area contributed by atoms with Gasteiger partial charge in [0.2, 0.25) is 5.91 Å². The molecule has 6 nitrogen and oxygen atoms in total. The number of hydrogen-bond donors (Lipinski definition) is 2. The molecule has 0 saturated carbocycles. The molecule has 0 radical (unpaired) electrons. The molecular weight excluding hydrogens is 388 g/mol. The molecule has 0 aliphatic heterocycles. The number of methoxy groups -OCH3 is 1. The number of benzene rings is 2. The third kappa shape index (κ3) is 6.69. The Morgan fingerprint density at radius 2 is 1.81 bits per heavy atom. The van der Waals surface area contributed by atoms with E-state index >= 15 is 0 Å². The number of carbonyl (C=O) groups excluding carboxylic acids is 2. The lowest BCUT2D eigenvalue weighted by Gasteiger charge is -2.11. The average molecular weight is 409 g/mol. The molecule has 2 aromatic carbocycles. The quantitative estimate of drug-likeness (QED) is 0.654. The minimum absolute atomic E-state index is 0.218. The third-order valence-electron chi connectivity index (χ3n) is 3.46. The zero-order chi connectivity index (χ0) is 19.6. The van der Waals surface area contributed by atoms with Crippen LogP contribution in [0.1, 0.15) is 22.8 Å². The van der Waals surface area contributed by atoms with Gasteiger partial charge in [0.25, 0.3) is 5.91 Å². The van der Waals surface area contributed by atoms with Gasteiger partial charge in [-0.25, -0.2) is 0 Å². The standard InChI is InChI=1S/C19H21ClN2O4S/c1-3-26-16-9-6-14(10-17(16)25-2)19(24)22-21-18(23)12-27-11-13-4-7-15(20)8-5-13/h4-10H,3,11-12H2,1-2H3,(H,21,23)(H,22,24). The summed E-state index contributed by atoms with van der Waals surface area (Å²) in [5, 5.41) is 0.676. The Balaban J connectivity index is 1.78. The predicted molar refractivity (Wildman–Crippen MR) is 107 cm³/mol. The number of hydrazine groups is 1. The van der Waals surface area contributed by atoms with Crippen LogP contribution in [0.5, 0.6) is 11.5 Å². The van der Waals surface area contributed by atoms with E-state index in [0.717, 1.165) is 5.56 Å². The van der Waals surface area contributed by atoms with Gasteiger partial charge in [-0.05, 0) is 42.8 Å². The lowest BCUT2D eigenvalue weighted by atomic mass is 10.2. The van der Waals surface area contributed by atoms with Crippen molar-refractivity contribution in [3.05, 3.63) is 58.6 Å². The van der Waals surface area contributed by atoms with E-state index < -0.39 is 5.91 Å². The summed E-state index contributed by atoms with van der Waals surface area (Å²) in [6.45, 7) is 2.35. The summed E-state index contributed by atoms with van der Waals surface area (Å²) in [6, 6.07) is 12.3. The number of rotatable bonds is 8. The summed E-state index contributed by atoms with van der Waals surface area (Å²) >= 11 is 7.27. The van der Waals surface area contributed by atoms with E-state index in [4.69, 9.17) is 21.1 Å². The van der Waals surface area contributed by atoms with E-state index in [1.165, 1.54) is 18.9 Å². The molecule has 0 aliphatic carbocycles. The van der Waals surface area contributed by atoms with Crippen LogP contribution in [0.25, 0.3) is 0 Å². The molecule has 27 heavy (non-hydrogen) atoms. The van der Waals surface area contributed by atoms with Gasteiger partial charge in [-0.2, -0.15) is 0 Å². The van der Waals surface area contributed by atoms with Crippen molar-refractivity contribution in [2.45, 2.75) is 12.7 Å². The lowest BCUT2D eigenvalue weighted by Crippen LogP contribution is -2.42. The summed E-state index contributed by atoms with van der Waals surface area (Å²) < 4.78 is 10.6. The van der Waals surface area contributed by atoms with E-state index in [2.05, 4.69) is 10.9 Å². The summed E-state index contributed by atoms with van der Waals surface area (Å²) in [6.07, 6.45) is 0. The third-order valence-corrected chi connectivity index (χ3v) is 4.71. The molecule has 144 valence electrons. The maximum Gasteiger partial charge on any atom is 0.269 e. The largest absolute Gasteiger partial charge is 0.493 e. The SMILES string of the molecule is CCOc1ccc(C(=O)NNC(=O)CSCc2ccc(Cl)cc2)cc1OC. The molecule has 0 fully saturated rings. The highest BCUT2D eigenvalue weighted by Gasteiger charge is 2.12. The molecular formula is C19H21ClN2O4S. The molecule has 0 spiro atoms. The van der Waals surface area contributed by atoms with Crippen molar-refractivity contribution >= 4 is 35.2 Å². The number of halogens is 1. The van der Waals surface area contributed by atoms with Crippen molar-refractivity contribution in [2.24, 2.45) is 0 Å². The highest BCUT2D eigenvalue weighted by atomic mass is 35.5. The fourth-order valence-corrected chi connectivity index (χ4v) is 3.07. The number of ether oxygens (including phenoxy) is 2. The Kier molecular flexibility index (Phi) is 8.29. The van der Waals surface area contributed by atoms with Gasteiger partial charge in [-0.15, -0.1) is 11.8 Å². The first-order valence-electron chi connectivity index (χ1n) is 8.25. The number of hydrogen-bond acceptors (Lipinski definition) is 5. The van der Waals surface area contributed by atoms with Crippen LogP contribution in [0.4, 0.5) is 0 Å². The van der Waals surface area contributed by atoms with E-state index in [1.807, 2.05) is 31.2 Å². The van der Waals surface area contributed by atoms with E-state index in [-0.39, 0.29) is 11.7 Å². The Hall–Kier alpha value is -2.38. The van der Waals surface area contributed by atoms with Gasteiger partial charge in [-0.3, -0.25) is 20.4 Å². The first-order valence-corrected chi connectivity index (χ1v) is 9.79. The lowest BCUT2D eigenvalue weighted by molar-refractivity contribution is -0.119. The van der Waals surface area contributed by atoms with Gasteiger partial charge in [0.05, 0.1) is 19.5 Å². The van der Waals surface area contributed by atoms with Crippen LogP contribution in [0, 0.1) is 0 Å². The maximum atomic E-state index is 12.2. The van der Waals surface area contributed by atoms with Crippen LogP contribution in [0.15, 0.2) is 42.5 Å². The van der Waals surface area contributed by atoms with Crippen molar-refractivity contribution in [1.29, 1.82) is 0 Å². The number of amides is 2. The second-order valence-corrected chi connectivity index (χ2v) is 6.84. The van der Waals surface area contributed by atoms with E-state index in [1.54, 1.807) is 18.2 Å². The molecule has 0 bridgehead atoms. The second kappa shape index (κ2) is 10.7. The molecule has 0 atom stereocenters. The smallest absolute Gasteiger partial charge is 0.269 e. The number of carbonyl (C=O) groups is 2. The van der Waals surface area contributed by atoms with Crippen LogP contribution in [-0.4, -0.2) is 31.3 Å². The summed E-state index contributed by atoms with van der Waals surface area (Å²) in [7, 11) is 1.50. The van der Waals surface area contributed by atoms with E-state index in [9.17, 15) is 9.59 Å². The molecule has 0 unspecified atom stereocenters. The summed E-state index contributed by atoms with van der Waals surface area (Å²) in [5.74, 6) is 1.17. The molecule has 0 aliphatic rings. The molecule has 2 aromatic rings. The predicted octanol–water partition coefficient (Wildman–Crippen LogP) is 3.44. The normalized spacial score (nSPS) is 10.2. The molecule has 0 saturated heterocycles. The van der Waals surface area contributed by atoms with Gasteiger partial charge in [0, 0.05) is 16.3 Å².